The molecule has 2 aliphatic heterocycles. The summed E-state index contributed by atoms with van der Waals surface area (Å²) in [5.74, 6) is 0.763. The summed E-state index contributed by atoms with van der Waals surface area (Å²) in [7, 11) is 2.25. The average Bonchev–Trinajstić information content (AvgIpc) is 2.40. The highest BCUT2D eigenvalue weighted by Gasteiger charge is 2.58. The maximum atomic E-state index is 6.00. The molecule has 3 nitrogen and oxygen atoms in total. The smallest absolute Gasteiger partial charge is 0.0684 e. The fourth-order valence-corrected chi connectivity index (χ4v) is 4.56. The van der Waals surface area contributed by atoms with Crippen LogP contribution in [0, 0.1) is 11.3 Å². The predicted octanol–water partition coefficient (Wildman–Crippen LogP) is 2.26. The summed E-state index contributed by atoms with van der Waals surface area (Å²) in [4.78, 5) is 2.48. The van der Waals surface area contributed by atoms with Gasteiger partial charge in [-0.3, -0.25) is 0 Å². The first kappa shape index (κ1) is 13.8. The molecule has 1 aliphatic carbocycles. The van der Waals surface area contributed by atoms with Gasteiger partial charge >= 0.3 is 0 Å². The second-order valence-electron chi connectivity index (χ2n) is 7.61. The molecule has 0 aromatic rings. The standard InChI is InChI=1S/C16H30N2O/c1-11-10-12(7-8-18(11)4)17-14-13-6-5-9-19-15(13)16(14,2)3/h11-15,17H,5-10H2,1-4H3. The van der Waals surface area contributed by atoms with Gasteiger partial charge in [0.15, 0.2) is 0 Å². The summed E-state index contributed by atoms with van der Waals surface area (Å²) < 4.78 is 6.00. The quantitative estimate of drug-likeness (QED) is 0.830. The Balaban J connectivity index is 1.60. The number of hydrogen-bond donors (Lipinski definition) is 1. The van der Waals surface area contributed by atoms with Gasteiger partial charge < -0.3 is 15.0 Å². The van der Waals surface area contributed by atoms with E-state index in [1.165, 1.54) is 32.2 Å². The lowest BCUT2D eigenvalue weighted by molar-refractivity contribution is -0.195. The van der Waals surface area contributed by atoms with Crippen molar-refractivity contribution in [2.45, 2.75) is 70.7 Å². The minimum absolute atomic E-state index is 0.317. The van der Waals surface area contributed by atoms with E-state index < -0.39 is 0 Å². The minimum Gasteiger partial charge on any atom is -0.377 e. The predicted molar refractivity (Wildman–Crippen MR) is 78.3 cm³/mol. The Bertz CT molecular complexity index is 331. The minimum atomic E-state index is 0.317. The fraction of sp³-hybridized carbons (Fsp3) is 1.00. The third-order valence-electron chi connectivity index (χ3n) is 5.95. The zero-order valence-corrected chi connectivity index (χ0v) is 13.0. The molecule has 0 bridgehead atoms. The molecule has 0 aromatic heterocycles. The zero-order chi connectivity index (χ0) is 13.6. The van der Waals surface area contributed by atoms with Crippen molar-refractivity contribution in [2.24, 2.45) is 11.3 Å². The molecule has 0 amide bonds. The maximum absolute atomic E-state index is 6.00. The van der Waals surface area contributed by atoms with E-state index in [1.54, 1.807) is 0 Å². The van der Waals surface area contributed by atoms with Gasteiger partial charge in [-0.05, 0) is 46.2 Å². The van der Waals surface area contributed by atoms with Crippen LogP contribution in [0.2, 0.25) is 0 Å². The summed E-state index contributed by atoms with van der Waals surface area (Å²) in [5, 5.41) is 3.99. The molecule has 3 rings (SSSR count). The van der Waals surface area contributed by atoms with Crippen LogP contribution in [-0.2, 0) is 4.74 Å². The van der Waals surface area contributed by atoms with E-state index in [4.69, 9.17) is 4.74 Å². The molecule has 1 saturated carbocycles. The number of ether oxygens (including phenoxy) is 1. The van der Waals surface area contributed by atoms with Crippen molar-refractivity contribution in [3.63, 3.8) is 0 Å². The molecule has 0 spiro atoms. The highest BCUT2D eigenvalue weighted by Crippen LogP contribution is 2.51. The van der Waals surface area contributed by atoms with Crippen LogP contribution in [0.25, 0.3) is 0 Å². The Morgan fingerprint density at radius 1 is 1.26 bits per heavy atom. The number of nitrogens with one attached hydrogen (secondary N) is 1. The van der Waals surface area contributed by atoms with Crippen molar-refractivity contribution >= 4 is 0 Å². The molecule has 5 unspecified atom stereocenters. The van der Waals surface area contributed by atoms with Crippen LogP contribution in [0.3, 0.4) is 0 Å². The Morgan fingerprint density at radius 3 is 2.79 bits per heavy atom. The zero-order valence-electron chi connectivity index (χ0n) is 13.0. The summed E-state index contributed by atoms with van der Waals surface area (Å²) in [6.45, 7) is 9.33. The highest BCUT2D eigenvalue weighted by atomic mass is 16.5. The van der Waals surface area contributed by atoms with E-state index in [9.17, 15) is 0 Å². The van der Waals surface area contributed by atoms with Gasteiger partial charge in [0, 0.05) is 36.1 Å². The van der Waals surface area contributed by atoms with Gasteiger partial charge in [0.1, 0.15) is 0 Å². The second kappa shape index (κ2) is 5.01. The van der Waals surface area contributed by atoms with Crippen molar-refractivity contribution < 1.29 is 4.74 Å². The van der Waals surface area contributed by atoms with Crippen LogP contribution < -0.4 is 5.32 Å². The topological polar surface area (TPSA) is 24.5 Å². The lowest BCUT2D eigenvalue weighted by atomic mass is 9.55. The SMILES string of the molecule is CC1CC(NC2C3CCCOC3C2(C)C)CCN1C. The maximum Gasteiger partial charge on any atom is 0.0684 e. The van der Waals surface area contributed by atoms with Gasteiger partial charge in [-0.2, -0.15) is 0 Å². The van der Waals surface area contributed by atoms with E-state index in [1.807, 2.05) is 0 Å². The van der Waals surface area contributed by atoms with Crippen molar-refractivity contribution in [3.05, 3.63) is 0 Å². The molecular weight excluding hydrogens is 236 g/mol. The summed E-state index contributed by atoms with van der Waals surface area (Å²) in [6.07, 6.45) is 5.70. The van der Waals surface area contributed by atoms with Gasteiger partial charge in [-0.25, -0.2) is 0 Å². The monoisotopic (exact) mass is 266 g/mol. The Labute approximate surface area is 118 Å². The third-order valence-corrected chi connectivity index (χ3v) is 5.95. The first-order valence-electron chi connectivity index (χ1n) is 8.08. The molecule has 5 atom stereocenters. The van der Waals surface area contributed by atoms with Crippen molar-refractivity contribution in [1.82, 2.24) is 10.2 Å². The normalized spacial score (nSPS) is 46.4. The Morgan fingerprint density at radius 2 is 2.05 bits per heavy atom. The van der Waals surface area contributed by atoms with Gasteiger partial charge in [0.2, 0.25) is 0 Å². The van der Waals surface area contributed by atoms with Crippen LogP contribution in [0.15, 0.2) is 0 Å². The molecule has 2 heterocycles. The van der Waals surface area contributed by atoms with Crippen LogP contribution in [0.5, 0.6) is 0 Å². The summed E-state index contributed by atoms with van der Waals surface area (Å²) in [5.41, 5.74) is 0.317. The van der Waals surface area contributed by atoms with E-state index >= 15 is 0 Å². The summed E-state index contributed by atoms with van der Waals surface area (Å²) in [6, 6.07) is 2.09. The van der Waals surface area contributed by atoms with Crippen molar-refractivity contribution in [2.75, 3.05) is 20.2 Å². The molecule has 19 heavy (non-hydrogen) atoms. The number of rotatable bonds is 2. The molecule has 3 heteroatoms. The van der Waals surface area contributed by atoms with Crippen molar-refractivity contribution in [3.8, 4) is 0 Å². The van der Waals surface area contributed by atoms with Crippen LogP contribution in [0.4, 0.5) is 0 Å². The molecule has 1 N–H and O–H groups in total. The third kappa shape index (κ3) is 2.34. The Hall–Kier alpha value is -0.120. The van der Waals surface area contributed by atoms with Gasteiger partial charge in [-0.1, -0.05) is 13.8 Å². The number of likely N-dealkylation sites (tertiary alicyclic amines) is 1. The van der Waals surface area contributed by atoms with Crippen LogP contribution in [0.1, 0.15) is 46.5 Å². The Kier molecular flexibility index (Phi) is 3.65. The summed E-state index contributed by atoms with van der Waals surface area (Å²) >= 11 is 0. The molecule has 3 fully saturated rings. The molecule has 2 saturated heterocycles. The van der Waals surface area contributed by atoms with Crippen LogP contribution >= 0.6 is 0 Å². The number of piperidine rings is 1. The molecular formula is C16H30N2O. The number of fused-ring (bicyclic) bond motifs is 1. The molecule has 3 aliphatic rings. The van der Waals surface area contributed by atoms with Gasteiger partial charge in [-0.15, -0.1) is 0 Å². The average molecular weight is 266 g/mol. The first-order valence-corrected chi connectivity index (χ1v) is 8.08. The van der Waals surface area contributed by atoms with Gasteiger partial charge in [0.05, 0.1) is 6.10 Å². The van der Waals surface area contributed by atoms with E-state index in [0.29, 0.717) is 29.6 Å². The second-order valence-corrected chi connectivity index (χ2v) is 7.61. The lowest BCUT2D eigenvalue weighted by Gasteiger charge is -2.61. The largest absolute Gasteiger partial charge is 0.377 e. The first-order chi connectivity index (χ1) is 9.00. The van der Waals surface area contributed by atoms with E-state index in [-0.39, 0.29) is 0 Å². The highest BCUT2D eigenvalue weighted by molar-refractivity contribution is 5.11. The molecule has 0 radical (unpaired) electrons. The number of nitrogens with zero attached hydrogens (tertiary/aromatic N) is 1. The molecule has 110 valence electrons. The van der Waals surface area contributed by atoms with Gasteiger partial charge in [0.25, 0.3) is 0 Å². The molecule has 0 aromatic carbocycles. The fourth-order valence-electron chi connectivity index (χ4n) is 4.56. The van der Waals surface area contributed by atoms with E-state index in [0.717, 1.165) is 12.5 Å². The van der Waals surface area contributed by atoms with E-state index in [2.05, 4.69) is 38.0 Å². The van der Waals surface area contributed by atoms with Crippen molar-refractivity contribution in [1.29, 1.82) is 0 Å². The lowest BCUT2D eigenvalue weighted by Crippen LogP contribution is -2.71. The van der Waals surface area contributed by atoms with Crippen LogP contribution in [-0.4, -0.2) is 49.3 Å². The number of hydrogen-bond acceptors (Lipinski definition) is 3.